The van der Waals surface area contributed by atoms with Crippen LogP contribution >= 0.6 is 0 Å². The van der Waals surface area contributed by atoms with Gasteiger partial charge in [-0.25, -0.2) is 4.79 Å². The summed E-state index contributed by atoms with van der Waals surface area (Å²) < 4.78 is 10.7. The van der Waals surface area contributed by atoms with Crippen LogP contribution in [0.4, 0.5) is 5.69 Å². The largest absolute Gasteiger partial charge is 0.493 e. The Labute approximate surface area is 172 Å². The Morgan fingerprint density at radius 3 is 2.30 bits per heavy atom. The predicted molar refractivity (Wildman–Crippen MR) is 111 cm³/mol. The van der Waals surface area contributed by atoms with Gasteiger partial charge in [0.05, 0.1) is 29.2 Å². The van der Waals surface area contributed by atoms with Gasteiger partial charge in [0, 0.05) is 12.1 Å². The van der Waals surface area contributed by atoms with Crippen LogP contribution in [0, 0.1) is 21.4 Å². The molecule has 0 aromatic heterocycles. The maximum Gasteiger partial charge on any atom is 0.343 e. The fourth-order valence-corrected chi connectivity index (χ4v) is 2.70. The van der Waals surface area contributed by atoms with Gasteiger partial charge in [-0.05, 0) is 41.5 Å². The summed E-state index contributed by atoms with van der Waals surface area (Å²) in [6.07, 6.45) is 1.71. The number of hydrogen-bond acceptors (Lipinski definition) is 6. The minimum absolute atomic E-state index is 0.119. The van der Waals surface area contributed by atoms with Crippen LogP contribution in [0.25, 0.3) is 11.6 Å². The quantitative estimate of drug-likeness (QED) is 0.146. The van der Waals surface area contributed by atoms with Gasteiger partial charge in [-0.15, -0.1) is 0 Å². The average molecular weight is 400 g/mol. The molecule has 0 atom stereocenters. The van der Waals surface area contributed by atoms with E-state index in [1.54, 1.807) is 24.3 Å². The number of methoxy groups -OCH3 is 1. The molecular formula is C23H16N2O5. The number of benzene rings is 3. The maximum absolute atomic E-state index is 12.4. The highest BCUT2D eigenvalue weighted by Gasteiger charge is 2.14. The number of nitrogens with zero attached hydrogens (tertiary/aromatic N) is 2. The fraction of sp³-hybridized carbons (Fsp3) is 0.0435. The third-order valence-corrected chi connectivity index (χ3v) is 4.22. The lowest BCUT2D eigenvalue weighted by atomic mass is 10.0. The van der Waals surface area contributed by atoms with Gasteiger partial charge < -0.3 is 9.47 Å². The van der Waals surface area contributed by atoms with Gasteiger partial charge in [0.15, 0.2) is 11.5 Å². The molecule has 30 heavy (non-hydrogen) atoms. The summed E-state index contributed by atoms with van der Waals surface area (Å²) >= 11 is 0. The second kappa shape index (κ2) is 9.17. The van der Waals surface area contributed by atoms with E-state index in [4.69, 9.17) is 9.47 Å². The third-order valence-electron chi connectivity index (χ3n) is 4.22. The molecule has 0 heterocycles. The molecule has 0 amide bonds. The van der Waals surface area contributed by atoms with Gasteiger partial charge in [-0.3, -0.25) is 10.1 Å². The van der Waals surface area contributed by atoms with Crippen LogP contribution < -0.4 is 9.47 Å². The number of ether oxygens (including phenoxy) is 2. The maximum atomic E-state index is 12.4. The smallest absolute Gasteiger partial charge is 0.343 e. The average Bonchev–Trinajstić information content (AvgIpc) is 2.78. The highest BCUT2D eigenvalue weighted by Crippen LogP contribution is 2.30. The summed E-state index contributed by atoms with van der Waals surface area (Å²) in [6, 6.07) is 21.4. The van der Waals surface area contributed by atoms with Gasteiger partial charge in [0.25, 0.3) is 5.69 Å². The van der Waals surface area contributed by atoms with Crippen LogP contribution in [0.1, 0.15) is 21.5 Å². The second-order valence-electron chi connectivity index (χ2n) is 6.14. The van der Waals surface area contributed by atoms with Crippen molar-refractivity contribution in [1.82, 2.24) is 0 Å². The molecule has 0 saturated carbocycles. The lowest BCUT2D eigenvalue weighted by Gasteiger charge is -2.10. The Balaban J connectivity index is 1.83. The van der Waals surface area contributed by atoms with Gasteiger partial charge >= 0.3 is 5.97 Å². The highest BCUT2D eigenvalue weighted by atomic mass is 16.6. The van der Waals surface area contributed by atoms with Crippen LogP contribution in [-0.4, -0.2) is 18.0 Å². The number of carbonyl (C=O) groups is 1. The van der Waals surface area contributed by atoms with Crippen molar-refractivity contribution in [2.75, 3.05) is 7.11 Å². The van der Waals surface area contributed by atoms with Gasteiger partial charge in [-0.1, -0.05) is 36.4 Å². The number of allylic oxidation sites excluding steroid dienone is 1. The molecule has 3 aromatic carbocycles. The molecule has 0 fully saturated rings. The zero-order chi connectivity index (χ0) is 21.5. The molecule has 0 spiro atoms. The van der Waals surface area contributed by atoms with Crippen molar-refractivity contribution < 1.29 is 19.2 Å². The van der Waals surface area contributed by atoms with Crippen LogP contribution in [-0.2, 0) is 0 Å². The second-order valence-corrected chi connectivity index (χ2v) is 6.14. The lowest BCUT2D eigenvalue weighted by molar-refractivity contribution is -0.384. The van der Waals surface area contributed by atoms with Crippen molar-refractivity contribution in [3.05, 3.63) is 99.6 Å². The molecule has 0 aliphatic heterocycles. The van der Waals surface area contributed by atoms with Gasteiger partial charge in [0.2, 0.25) is 0 Å². The van der Waals surface area contributed by atoms with E-state index in [-0.39, 0.29) is 17.0 Å². The standard InChI is InChI=1S/C23H16N2O5/c1-29-22-14-16(13-19(15-24)17-5-3-2-4-6-17)7-12-21(22)30-23(26)18-8-10-20(11-9-18)25(27)28/h2-14H,1H3/b19-13-. The van der Waals surface area contributed by atoms with E-state index in [1.165, 1.54) is 31.4 Å². The Hall–Kier alpha value is -4.44. The lowest BCUT2D eigenvalue weighted by Crippen LogP contribution is -2.09. The van der Waals surface area contributed by atoms with Crippen molar-refractivity contribution in [1.29, 1.82) is 5.26 Å². The molecule has 148 valence electrons. The van der Waals surface area contributed by atoms with E-state index in [0.29, 0.717) is 16.9 Å². The van der Waals surface area contributed by atoms with Crippen LogP contribution in [0.3, 0.4) is 0 Å². The first-order valence-corrected chi connectivity index (χ1v) is 8.83. The summed E-state index contributed by atoms with van der Waals surface area (Å²) in [5, 5.41) is 20.2. The summed E-state index contributed by atoms with van der Waals surface area (Å²) in [4.78, 5) is 22.5. The minimum Gasteiger partial charge on any atom is -0.493 e. The van der Waals surface area contributed by atoms with E-state index in [9.17, 15) is 20.2 Å². The van der Waals surface area contributed by atoms with Crippen molar-refractivity contribution in [3.8, 4) is 17.6 Å². The molecule has 0 saturated heterocycles. The SMILES string of the molecule is COc1cc(/C=C(/C#N)c2ccccc2)ccc1OC(=O)c1ccc([N+](=O)[O-])cc1. The first-order valence-electron chi connectivity index (χ1n) is 8.83. The van der Waals surface area contributed by atoms with Crippen molar-refractivity contribution in [2.24, 2.45) is 0 Å². The normalized spacial score (nSPS) is 10.7. The fourth-order valence-electron chi connectivity index (χ4n) is 2.70. The number of hydrogen-bond donors (Lipinski definition) is 0. The molecule has 0 radical (unpaired) electrons. The highest BCUT2D eigenvalue weighted by molar-refractivity contribution is 5.92. The van der Waals surface area contributed by atoms with Gasteiger partial charge in [0.1, 0.15) is 0 Å². The Morgan fingerprint density at radius 1 is 1.00 bits per heavy atom. The molecule has 7 heteroatoms. The topological polar surface area (TPSA) is 102 Å². The number of esters is 1. The third kappa shape index (κ3) is 4.69. The van der Waals surface area contributed by atoms with Crippen molar-refractivity contribution >= 4 is 23.3 Å². The number of nitro groups is 1. The first-order chi connectivity index (χ1) is 14.5. The summed E-state index contributed by atoms with van der Waals surface area (Å²) in [7, 11) is 1.44. The Kier molecular flexibility index (Phi) is 6.20. The number of non-ortho nitro benzene ring substituents is 1. The Bertz CT molecular complexity index is 1150. The van der Waals surface area contributed by atoms with Gasteiger partial charge in [-0.2, -0.15) is 5.26 Å². The molecule has 3 rings (SSSR count). The molecule has 0 aliphatic carbocycles. The first kappa shape index (κ1) is 20.3. The van der Waals surface area contributed by atoms with Crippen molar-refractivity contribution in [3.63, 3.8) is 0 Å². The Morgan fingerprint density at radius 2 is 1.70 bits per heavy atom. The molecule has 3 aromatic rings. The van der Waals surface area contributed by atoms with E-state index in [1.807, 2.05) is 30.3 Å². The van der Waals surface area contributed by atoms with E-state index in [2.05, 4.69) is 6.07 Å². The number of carbonyl (C=O) groups excluding carboxylic acids is 1. The summed E-state index contributed by atoms with van der Waals surface area (Å²) in [6.45, 7) is 0. The molecule has 0 aliphatic rings. The number of nitriles is 1. The zero-order valence-corrected chi connectivity index (χ0v) is 15.9. The molecule has 0 bridgehead atoms. The minimum atomic E-state index is -0.673. The molecular weight excluding hydrogens is 384 g/mol. The summed E-state index contributed by atoms with van der Waals surface area (Å²) in [5.41, 5.74) is 2.01. The van der Waals surface area contributed by atoms with E-state index < -0.39 is 10.9 Å². The summed E-state index contributed by atoms with van der Waals surface area (Å²) in [5.74, 6) is -0.172. The van der Waals surface area contributed by atoms with Crippen LogP contribution in [0.2, 0.25) is 0 Å². The molecule has 7 nitrogen and oxygen atoms in total. The zero-order valence-electron chi connectivity index (χ0n) is 15.9. The van der Waals surface area contributed by atoms with Crippen molar-refractivity contribution in [2.45, 2.75) is 0 Å². The van der Waals surface area contributed by atoms with E-state index >= 15 is 0 Å². The monoisotopic (exact) mass is 400 g/mol. The van der Waals surface area contributed by atoms with E-state index in [0.717, 1.165) is 5.56 Å². The van der Waals surface area contributed by atoms with Crippen LogP contribution in [0.5, 0.6) is 11.5 Å². The number of nitro benzene ring substituents is 1. The molecule has 0 unspecified atom stereocenters. The van der Waals surface area contributed by atoms with Crippen LogP contribution in [0.15, 0.2) is 72.8 Å². The molecule has 0 N–H and O–H groups in total. The predicted octanol–water partition coefficient (Wildman–Crippen LogP) is 4.89. The number of rotatable bonds is 6.